The molecule has 1 aromatic carbocycles. The highest BCUT2D eigenvalue weighted by Gasteiger charge is 2.25. The van der Waals surface area contributed by atoms with Gasteiger partial charge in [0.15, 0.2) is 0 Å². The van der Waals surface area contributed by atoms with Crippen molar-refractivity contribution in [2.45, 2.75) is 19.4 Å². The normalized spacial score (nSPS) is 13.5. The van der Waals surface area contributed by atoms with Crippen LogP contribution in [0, 0.1) is 0 Å². The number of carboxylic acids is 1. The van der Waals surface area contributed by atoms with Crippen molar-refractivity contribution >= 4 is 27.6 Å². The Bertz CT molecular complexity index is 559. The van der Waals surface area contributed by atoms with Crippen LogP contribution in [0.1, 0.15) is 24.9 Å². The molecule has 106 valence electrons. The Kier molecular flexibility index (Phi) is 5.34. The van der Waals surface area contributed by atoms with Crippen molar-refractivity contribution < 1.29 is 18.3 Å². The van der Waals surface area contributed by atoms with Gasteiger partial charge < -0.3 is 5.11 Å². The zero-order chi connectivity index (χ0) is 14.6. The number of aliphatic carboxylic acids is 1. The molecule has 0 spiro atoms. The van der Waals surface area contributed by atoms with Gasteiger partial charge in [0.2, 0.25) is 10.0 Å². The van der Waals surface area contributed by atoms with Crippen LogP contribution in [0.4, 0.5) is 0 Å². The third-order valence-electron chi connectivity index (χ3n) is 2.91. The van der Waals surface area contributed by atoms with Gasteiger partial charge in [0.05, 0.1) is 12.2 Å². The summed E-state index contributed by atoms with van der Waals surface area (Å²) in [6.45, 7) is 1.71. The first-order valence-corrected chi connectivity index (χ1v) is 7.66. The third-order valence-corrected chi connectivity index (χ3v) is 5.17. The summed E-state index contributed by atoms with van der Waals surface area (Å²) in [5.41, 5.74) is 0.686. The highest BCUT2D eigenvalue weighted by molar-refractivity contribution is 7.89. The van der Waals surface area contributed by atoms with Gasteiger partial charge in [-0.2, -0.15) is 4.31 Å². The van der Waals surface area contributed by atoms with E-state index in [4.69, 9.17) is 16.7 Å². The monoisotopic (exact) mass is 305 g/mol. The molecular formula is C12H16ClNO4S. The van der Waals surface area contributed by atoms with Gasteiger partial charge in [-0.15, -0.1) is 0 Å². The predicted molar refractivity (Wildman–Crippen MR) is 73.7 cm³/mol. The Morgan fingerprint density at radius 3 is 2.53 bits per heavy atom. The van der Waals surface area contributed by atoms with Crippen LogP contribution in [-0.4, -0.2) is 36.6 Å². The molecule has 0 heterocycles. The maximum absolute atomic E-state index is 12.0. The Hall–Kier alpha value is -1.11. The molecule has 0 fully saturated rings. The number of sulfonamides is 1. The highest BCUT2D eigenvalue weighted by atomic mass is 35.5. The molecule has 1 unspecified atom stereocenters. The Morgan fingerprint density at radius 2 is 2.00 bits per heavy atom. The number of hydrogen-bond donors (Lipinski definition) is 1. The van der Waals surface area contributed by atoms with Crippen molar-refractivity contribution in [1.82, 2.24) is 4.31 Å². The molecule has 0 aliphatic heterocycles. The maximum atomic E-state index is 12.0. The zero-order valence-corrected chi connectivity index (χ0v) is 12.3. The summed E-state index contributed by atoms with van der Waals surface area (Å²) in [5.74, 6) is -1.56. The summed E-state index contributed by atoms with van der Waals surface area (Å²) in [5, 5.41) is 9.04. The molecule has 1 atom stereocenters. The molecular weight excluding hydrogens is 290 g/mol. The number of hydrogen-bond acceptors (Lipinski definition) is 3. The summed E-state index contributed by atoms with van der Waals surface area (Å²) >= 11 is 6.03. The Balaban J connectivity index is 2.91. The van der Waals surface area contributed by atoms with Crippen LogP contribution in [-0.2, 0) is 14.8 Å². The molecule has 0 saturated carbocycles. The molecule has 0 aliphatic rings. The van der Waals surface area contributed by atoms with E-state index in [0.29, 0.717) is 10.6 Å². The first kappa shape index (κ1) is 15.9. The number of carbonyl (C=O) groups is 1. The van der Waals surface area contributed by atoms with Crippen molar-refractivity contribution in [3.05, 3.63) is 34.9 Å². The quantitative estimate of drug-likeness (QED) is 0.873. The lowest BCUT2D eigenvalue weighted by Gasteiger charge is -2.25. The van der Waals surface area contributed by atoms with E-state index in [2.05, 4.69) is 0 Å². The number of nitrogens with zero attached hydrogens (tertiary/aromatic N) is 1. The Labute approximate surface area is 117 Å². The van der Waals surface area contributed by atoms with Crippen LogP contribution in [0.5, 0.6) is 0 Å². The van der Waals surface area contributed by atoms with Gasteiger partial charge in [0.1, 0.15) is 0 Å². The van der Waals surface area contributed by atoms with Crippen molar-refractivity contribution in [2.24, 2.45) is 0 Å². The second-order valence-corrected chi connectivity index (χ2v) is 6.73. The molecule has 0 saturated heterocycles. The van der Waals surface area contributed by atoms with Gasteiger partial charge in [-0.3, -0.25) is 4.79 Å². The minimum atomic E-state index is -3.63. The predicted octanol–water partition coefficient (Wildman–Crippen LogP) is 2.14. The van der Waals surface area contributed by atoms with Crippen molar-refractivity contribution in [3.8, 4) is 0 Å². The molecule has 0 bridgehead atoms. The molecule has 7 heteroatoms. The number of rotatable bonds is 6. The molecule has 0 aromatic heterocycles. The summed E-state index contributed by atoms with van der Waals surface area (Å²) in [4.78, 5) is 10.5. The number of benzene rings is 1. The Morgan fingerprint density at radius 1 is 1.42 bits per heavy atom. The van der Waals surface area contributed by atoms with Crippen LogP contribution >= 0.6 is 11.6 Å². The molecule has 0 amide bonds. The molecule has 0 radical (unpaired) electrons. The van der Waals surface area contributed by atoms with Gasteiger partial charge in [-0.25, -0.2) is 8.42 Å². The first-order chi connectivity index (χ1) is 8.75. The summed E-state index contributed by atoms with van der Waals surface area (Å²) in [7, 11) is -2.20. The van der Waals surface area contributed by atoms with Crippen molar-refractivity contribution in [2.75, 3.05) is 12.8 Å². The lowest BCUT2D eigenvalue weighted by atomic mass is 10.1. The van der Waals surface area contributed by atoms with Gasteiger partial charge in [0.25, 0.3) is 0 Å². The summed E-state index contributed by atoms with van der Waals surface area (Å²) in [6, 6.07) is 6.52. The SMILES string of the molecule is CC(c1ccccc1Cl)N(C)S(=O)(=O)CCC(=O)O. The number of carboxylic acid groups (broad SMARTS) is 1. The standard InChI is InChI=1S/C12H16ClNO4S/c1-9(10-5-3-4-6-11(10)13)14(2)19(17,18)8-7-12(15)16/h3-6,9H,7-8H2,1-2H3,(H,15,16). The zero-order valence-electron chi connectivity index (χ0n) is 10.7. The average Bonchev–Trinajstić information content (AvgIpc) is 2.35. The van der Waals surface area contributed by atoms with E-state index in [0.717, 1.165) is 4.31 Å². The second kappa shape index (κ2) is 6.36. The molecule has 1 aromatic rings. The minimum absolute atomic E-state index is 0.415. The van der Waals surface area contributed by atoms with Crippen LogP contribution < -0.4 is 0 Å². The molecule has 1 N–H and O–H groups in total. The van der Waals surface area contributed by atoms with E-state index < -0.39 is 34.2 Å². The fourth-order valence-electron chi connectivity index (χ4n) is 1.61. The van der Waals surface area contributed by atoms with E-state index in [1.807, 2.05) is 0 Å². The lowest BCUT2D eigenvalue weighted by Crippen LogP contribution is -2.32. The van der Waals surface area contributed by atoms with Crippen LogP contribution in [0.3, 0.4) is 0 Å². The highest BCUT2D eigenvalue weighted by Crippen LogP contribution is 2.28. The van der Waals surface area contributed by atoms with E-state index in [-0.39, 0.29) is 0 Å². The lowest BCUT2D eigenvalue weighted by molar-refractivity contribution is -0.136. The first-order valence-electron chi connectivity index (χ1n) is 5.67. The average molecular weight is 306 g/mol. The van der Waals surface area contributed by atoms with Gasteiger partial charge in [0, 0.05) is 18.1 Å². The fraction of sp³-hybridized carbons (Fsp3) is 0.417. The maximum Gasteiger partial charge on any atom is 0.304 e. The minimum Gasteiger partial charge on any atom is -0.481 e. The molecule has 5 nitrogen and oxygen atoms in total. The van der Waals surface area contributed by atoms with E-state index >= 15 is 0 Å². The third kappa shape index (κ3) is 4.19. The van der Waals surface area contributed by atoms with Gasteiger partial charge in [-0.05, 0) is 18.6 Å². The topological polar surface area (TPSA) is 74.7 Å². The number of halogens is 1. The van der Waals surface area contributed by atoms with E-state index in [1.165, 1.54) is 7.05 Å². The fourth-order valence-corrected chi connectivity index (χ4v) is 3.22. The smallest absolute Gasteiger partial charge is 0.304 e. The van der Waals surface area contributed by atoms with Gasteiger partial charge in [-0.1, -0.05) is 29.8 Å². The van der Waals surface area contributed by atoms with Crippen LogP contribution in [0.15, 0.2) is 24.3 Å². The van der Waals surface area contributed by atoms with E-state index in [9.17, 15) is 13.2 Å². The van der Waals surface area contributed by atoms with E-state index in [1.54, 1.807) is 31.2 Å². The second-order valence-electron chi connectivity index (χ2n) is 4.17. The van der Waals surface area contributed by atoms with Crippen LogP contribution in [0.25, 0.3) is 0 Å². The summed E-state index contributed by atoms with van der Waals surface area (Å²) < 4.78 is 25.1. The van der Waals surface area contributed by atoms with Gasteiger partial charge >= 0.3 is 5.97 Å². The van der Waals surface area contributed by atoms with Crippen molar-refractivity contribution in [1.29, 1.82) is 0 Å². The molecule has 0 aliphatic carbocycles. The molecule has 1 rings (SSSR count). The van der Waals surface area contributed by atoms with Crippen molar-refractivity contribution in [3.63, 3.8) is 0 Å². The summed E-state index contributed by atoms with van der Waals surface area (Å²) in [6.07, 6.45) is -0.415. The van der Waals surface area contributed by atoms with Crippen LogP contribution in [0.2, 0.25) is 5.02 Å². The molecule has 19 heavy (non-hydrogen) atoms. The largest absolute Gasteiger partial charge is 0.481 e.